The first-order valence-corrected chi connectivity index (χ1v) is 6.44. The molecule has 104 valence electrons. The second-order valence-electron chi connectivity index (χ2n) is 4.58. The molecule has 1 unspecified atom stereocenters. The molecule has 0 aliphatic rings. The van der Waals surface area contributed by atoms with Crippen LogP contribution in [0.3, 0.4) is 0 Å². The van der Waals surface area contributed by atoms with Crippen LogP contribution in [-0.4, -0.2) is 19.1 Å². The minimum Gasteiger partial charge on any atom is -0.370 e. The summed E-state index contributed by atoms with van der Waals surface area (Å²) in [5.74, 6) is -0.489. The van der Waals surface area contributed by atoms with Crippen molar-refractivity contribution in [3.05, 3.63) is 60.2 Å². The van der Waals surface area contributed by atoms with Crippen LogP contribution in [0.5, 0.6) is 0 Å². The lowest BCUT2D eigenvalue weighted by Crippen LogP contribution is -2.23. The van der Waals surface area contributed by atoms with Crippen molar-refractivity contribution >= 4 is 5.91 Å². The summed E-state index contributed by atoms with van der Waals surface area (Å²) in [6.45, 7) is 0.170. The van der Waals surface area contributed by atoms with Gasteiger partial charge in [-0.05, 0) is 16.7 Å². The van der Waals surface area contributed by atoms with E-state index in [0.29, 0.717) is 0 Å². The Morgan fingerprint density at radius 3 is 2.20 bits per heavy atom. The molecule has 4 heteroatoms. The van der Waals surface area contributed by atoms with Crippen molar-refractivity contribution in [2.45, 2.75) is 6.04 Å². The van der Waals surface area contributed by atoms with Gasteiger partial charge in [-0.15, -0.1) is 0 Å². The van der Waals surface area contributed by atoms with E-state index < -0.39 is 5.91 Å². The summed E-state index contributed by atoms with van der Waals surface area (Å²) in [7, 11) is 0. The lowest BCUT2D eigenvalue weighted by molar-refractivity contribution is -0.122. The molecule has 0 radical (unpaired) electrons. The minimum absolute atomic E-state index is 0.101. The van der Waals surface area contributed by atoms with E-state index in [9.17, 15) is 4.79 Å². The van der Waals surface area contributed by atoms with Crippen molar-refractivity contribution in [1.29, 1.82) is 0 Å². The highest BCUT2D eigenvalue weighted by molar-refractivity contribution is 5.75. The standard InChI is InChI=1S/C16H18N2O2/c17-15(10-20-11-16(18)19)14-8-6-13(7-9-14)12-4-2-1-3-5-12/h1-9,15H,10-11,17H2,(H2,18,19). The molecule has 0 saturated heterocycles. The van der Waals surface area contributed by atoms with Gasteiger partial charge in [0.1, 0.15) is 6.61 Å². The van der Waals surface area contributed by atoms with Crippen molar-refractivity contribution in [2.24, 2.45) is 11.5 Å². The number of primary amides is 1. The van der Waals surface area contributed by atoms with E-state index in [-0.39, 0.29) is 19.3 Å². The highest BCUT2D eigenvalue weighted by Crippen LogP contribution is 2.21. The van der Waals surface area contributed by atoms with Gasteiger partial charge in [0, 0.05) is 0 Å². The van der Waals surface area contributed by atoms with Crippen LogP contribution in [0.1, 0.15) is 11.6 Å². The van der Waals surface area contributed by atoms with Crippen LogP contribution in [0.2, 0.25) is 0 Å². The number of benzene rings is 2. The summed E-state index contributed by atoms with van der Waals surface area (Å²) in [4.78, 5) is 10.6. The largest absolute Gasteiger partial charge is 0.370 e. The highest BCUT2D eigenvalue weighted by atomic mass is 16.5. The van der Waals surface area contributed by atoms with Gasteiger partial charge in [-0.1, -0.05) is 54.6 Å². The molecule has 20 heavy (non-hydrogen) atoms. The number of ether oxygens (including phenoxy) is 1. The molecule has 4 N–H and O–H groups in total. The maximum Gasteiger partial charge on any atom is 0.243 e. The van der Waals surface area contributed by atoms with E-state index in [1.165, 1.54) is 0 Å². The van der Waals surface area contributed by atoms with Gasteiger partial charge in [0.25, 0.3) is 0 Å². The SMILES string of the molecule is NC(=O)COCC(N)c1ccc(-c2ccccc2)cc1. The van der Waals surface area contributed by atoms with E-state index in [1.54, 1.807) is 0 Å². The van der Waals surface area contributed by atoms with E-state index in [2.05, 4.69) is 12.1 Å². The molecule has 0 aliphatic heterocycles. The Balaban J connectivity index is 1.99. The quantitative estimate of drug-likeness (QED) is 0.841. The average molecular weight is 270 g/mol. The molecular formula is C16H18N2O2. The third-order valence-corrected chi connectivity index (χ3v) is 2.99. The van der Waals surface area contributed by atoms with Gasteiger partial charge in [0.15, 0.2) is 0 Å². The molecule has 0 spiro atoms. The first-order chi connectivity index (χ1) is 9.66. The van der Waals surface area contributed by atoms with Crippen LogP contribution in [0.4, 0.5) is 0 Å². The topological polar surface area (TPSA) is 78.3 Å². The predicted molar refractivity (Wildman–Crippen MR) is 78.8 cm³/mol. The molecule has 0 bridgehead atoms. The molecule has 2 aromatic rings. The molecule has 0 saturated carbocycles. The summed E-state index contributed by atoms with van der Waals surface area (Å²) < 4.78 is 5.13. The van der Waals surface area contributed by atoms with Crippen LogP contribution in [-0.2, 0) is 9.53 Å². The zero-order valence-electron chi connectivity index (χ0n) is 11.2. The van der Waals surface area contributed by atoms with Gasteiger partial charge in [0.2, 0.25) is 5.91 Å². The maximum atomic E-state index is 10.6. The summed E-state index contributed by atoms with van der Waals surface area (Å²) in [5.41, 5.74) is 14.3. The fraction of sp³-hybridized carbons (Fsp3) is 0.188. The number of rotatable bonds is 6. The first kappa shape index (κ1) is 14.2. The molecule has 0 heterocycles. The fourth-order valence-electron chi connectivity index (χ4n) is 1.94. The number of nitrogens with two attached hydrogens (primary N) is 2. The number of amides is 1. The smallest absolute Gasteiger partial charge is 0.243 e. The van der Waals surface area contributed by atoms with Gasteiger partial charge in [-0.25, -0.2) is 0 Å². The van der Waals surface area contributed by atoms with Gasteiger partial charge < -0.3 is 16.2 Å². The first-order valence-electron chi connectivity index (χ1n) is 6.44. The lowest BCUT2D eigenvalue weighted by atomic mass is 10.0. The lowest BCUT2D eigenvalue weighted by Gasteiger charge is -2.12. The van der Waals surface area contributed by atoms with Crippen molar-refractivity contribution < 1.29 is 9.53 Å². The van der Waals surface area contributed by atoms with Crippen LogP contribution in [0.15, 0.2) is 54.6 Å². The average Bonchev–Trinajstić information content (AvgIpc) is 2.48. The summed E-state index contributed by atoms with van der Waals surface area (Å²) in [6.07, 6.45) is 0. The van der Waals surface area contributed by atoms with E-state index in [4.69, 9.17) is 16.2 Å². The van der Waals surface area contributed by atoms with E-state index in [1.807, 2.05) is 42.5 Å². The number of hydrogen-bond acceptors (Lipinski definition) is 3. The zero-order chi connectivity index (χ0) is 14.4. The second-order valence-corrected chi connectivity index (χ2v) is 4.58. The third kappa shape index (κ3) is 3.91. The fourth-order valence-corrected chi connectivity index (χ4v) is 1.94. The van der Waals surface area contributed by atoms with Gasteiger partial charge >= 0.3 is 0 Å². The molecule has 2 aromatic carbocycles. The Morgan fingerprint density at radius 1 is 1.00 bits per heavy atom. The van der Waals surface area contributed by atoms with Crippen molar-refractivity contribution in [1.82, 2.24) is 0 Å². The molecule has 4 nitrogen and oxygen atoms in total. The monoisotopic (exact) mass is 270 g/mol. The number of hydrogen-bond donors (Lipinski definition) is 2. The Labute approximate surface area is 118 Å². The van der Waals surface area contributed by atoms with Crippen molar-refractivity contribution in [3.8, 4) is 11.1 Å². The van der Waals surface area contributed by atoms with Crippen LogP contribution in [0.25, 0.3) is 11.1 Å². The van der Waals surface area contributed by atoms with Crippen molar-refractivity contribution in [3.63, 3.8) is 0 Å². The molecule has 2 rings (SSSR count). The van der Waals surface area contributed by atoms with Crippen molar-refractivity contribution in [2.75, 3.05) is 13.2 Å². The van der Waals surface area contributed by atoms with E-state index in [0.717, 1.165) is 16.7 Å². The Kier molecular flexibility index (Phi) is 4.87. The molecule has 1 amide bonds. The van der Waals surface area contributed by atoms with Gasteiger partial charge in [-0.3, -0.25) is 4.79 Å². The molecule has 0 aliphatic carbocycles. The Bertz CT molecular complexity index is 552. The van der Waals surface area contributed by atoms with Crippen LogP contribution < -0.4 is 11.5 Å². The number of carbonyl (C=O) groups excluding carboxylic acids is 1. The Morgan fingerprint density at radius 2 is 1.60 bits per heavy atom. The Hall–Kier alpha value is -2.17. The van der Waals surface area contributed by atoms with Crippen LogP contribution >= 0.6 is 0 Å². The zero-order valence-corrected chi connectivity index (χ0v) is 11.2. The number of carbonyl (C=O) groups is 1. The summed E-state index contributed by atoms with van der Waals surface area (Å²) >= 11 is 0. The maximum absolute atomic E-state index is 10.6. The minimum atomic E-state index is -0.489. The highest BCUT2D eigenvalue weighted by Gasteiger charge is 2.07. The summed E-state index contributed by atoms with van der Waals surface area (Å²) in [6, 6.07) is 17.9. The second kappa shape index (κ2) is 6.84. The normalized spacial score (nSPS) is 12.1. The summed E-state index contributed by atoms with van der Waals surface area (Å²) in [5, 5.41) is 0. The third-order valence-electron chi connectivity index (χ3n) is 2.99. The van der Waals surface area contributed by atoms with Gasteiger partial charge in [-0.2, -0.15) is 0 Å². The van der Waals surface area contributed by atoms with Gasteiger partial charge in [0.05, 0.1) is 12.6 Å². The molecular weight excluding hydrogens is 252 g/mol. The molecule has 0 aromatic heterocycles. The molecule has 1 atom stereocenters. The predicted octanol–water partition coefficient (Wildman–Crippen LogP) is 1.86. The van der Waals surface area contributed by atoms with Crippen LogP contribution in [0, 0.1) is 0 Å². The van der Waals surface area contributed by atoms with E-state index >= 15 is 0 Å². The molecule has 0 fully saturated rings.